The number of carbonyl (C=O) groups is 1. The average Bonchev–Trinajstić information content (AvgIpc) is 2.62. The molecule has 0 aliphatic heterocycles. The number of benzene rings is 1. The summed E-state index contributed by atoms with van der Waals surface area (Å²) in [7, 11) is 0. The number of hydrogen-bond acceptors (Lipinski definition) is 3. The van der Waals surface area contributed by atoms with E-state index < -0.39 is 0 Å². The predicted molar refractivity (Wildman–Crippen MR) is 101 cm³/mol. The highest BCUT2D eigenvalue weighted by Gasteiger charge is 2.13. The van der Waals surface area contributed by atoms with Crippen LogP contribution in [-0.2, 0) is 6.54 Å². The molecule has 6 heteroatoms. The maximum Gasteiger partial charge on any atom is 0.253 e. The number of aromatic nitrogens is 1. The van der Waals surface area contributed by atoms with Crippen molar-refractivity contribution in [2.75, 3.05) is 6.54 Å². The molecule has 134 valence electrons. The highest BCUT2D eigenvalue weighted by Crippen LogP contribution is 2.15. The fourth-order valence-electron chi connectivity index (χ4n) is 2.57. The Hall–Kier alpha value is -2.11. The van der Waals surface area contributed by atoms with E-state index in [4.69, 9.17) is 17.3 Å². The van der Waals surface area contributed by atoms with Gasteiger partial charge < -0.3 is 15.6 Å². The number of halogens is 1. The van der Waals surface area contributed by atoms with Crippen molar-refractivity contribution in [1.82, 2.24) is 9.88 Å². The summed E-state index contributed by atoms with van der Waals surface area (Å²) in [4.78, 5) is 24.5. The van der Waals surface area contributed by atoms with Gasteiger partial charge in [-0.05, 0) is 24.1 Å². The standard InChI is InChI=1S/C19H24ClN3O2/c1-2-3-7-16(11-21)22-19(25)15-9-10-18(24)23(13-15)12-14-6-4-5-8-17(14)20/h4-6,8-10,13,16H,2-3,7,11-12,21H2,1H3,(H,22,25). The van der Waals surface area contributed by atoms with Crippen LogP contribution < -0.4 is 16.6 Å². The van der Waals surface area contributed by atoms with Crippen molar-refractivity contribution in [2.24, 2.45) is 5.73 Å². The number of amides is 1. The number of pyridine rings is 1. The van der Waals surface area contributed by atoms with Gasteiger partial charge in [0.15, 0.2) is 0 Å². The number of carbonyl (C=O) groups excluding carboxylic acids is 1. The largest absolute Gasteiger partial charge is 0.348 e. The normalized spacial score (nSPS) is 12.0. The van der Waals surface area contributed by atoms with E-state index in [-0.39, 0.29) is 17.5 Å². The molecular formula is C19H24ClN3O2. The van der Waals surface area contributed by atoms with Crippen LogP contribution in [0.2, 0.25) is 5.02 Å². The van der Waals surface area contributed by atoms with Crippen LogP contribution in [0.25, 0.3) is 0 Å². The van der Waals surface area contributed by atoms with Gasteiger partial charge in [-0.1, -0.05) is 49.6 Å². The molecule has 5 nitrogen and oxygen atoms in total. The molecule has 1 amide bonds. The van der Waals surface area contributed by atoms with E-state index in [0.29, 0.717) is 23.7 Å². The minimum Gasteiger partial charge on any atom is -0.348 e. The molecule has 0 radical (unpaired) electrons. The van der Waals surface area contributed by atoms with Gasteiger partial charge >= 0.3 is 0 Å². The summed E-state index contributed by atoms with van der Waals surface area (Å²) >= 11 is 6.16. The number of nitrogens with zero attached hydrogens (tertiary/aromatic N) is 1. The molecule has 25 heavy (non-hydrogen) atoms. The van der Waals surface area contributed by atoms with E-state index in [0.717, 1.165) is 24.8 Å². The number of nitrogens with two attached hydrogens (primary N) is 1. The zero-order chi connectivity index (χ0) is 18.2. The van der Waals surface area contributed by atoms with Crippen LogP contribution in [0.4, 0.5) is 0 Å². The summed E-state index contributed by atoms with van der Waals surface area (Å²) in [6.07, 6.45) is 4.47. The summed E-state index contributed by atoms with van der Waals surface area (Å²) in [5.74, 6) is -0.223. The molecule has 1 aromatic carbocycles. The monoisotopic (exact) mass is 361 g/mol. The molecule has 0 aliphatic rings. The molecule has 0 saturated heterocycles. The first-order valence-corrected chi connectivity index (χ1v) is 8.87. The van der Waals surface area contributed by atoms with E-state index >= 15 is 0 Å². The lowest BCUT2D eigenvalue weighted by atomic mass is 10.1. The lowest BCUT2D eigenvalue weighted by Crippen LogP contribution is -2.40. The van der Waals surface area contributed by atoms with Gasteiger partial charge in [-0.3, -0.25) is 9.59 Å². The van der Waals surface area contributed by atoms with Gasteiger partial charge in [0, 0.05) is 29.9 Å². The van der Waals surface area contributed by atoms with Crippen LogP contribution in [0.5, 0.6) is 0 Å². The lowest BCUT2D eigenvalue weighted by molar-refractivity contribution is 0.0935. The van der Waals surface area contributed by atoms with Crippen LogP contribution in [-0.4, -0.2) is 23.1 Å². The minimum absolute atomic E-state index is 0.0589. The second-order valence-electron chi connectivity index (χ2n) is 6.02. The van der Waals surface area contributed by atoms with E-state index in [2.05, 4.69) is 12.2 Å². The zero-order valence-corrected chi connectivity index (χ0v) is 15.1. The number of rotatable bonds is 8. The van der Waals surface area contributed by atoms with E-state index in [1.165, 1.54) is 16.7 Å². The van der Waals surface area contributed by atoms with Crippen molar-refractivity contribution in [3.05, 3.63) is 69.1 Å². The Kier molecular flexibility index (Phi) is 7.22. The van der Waals surface area contributed by atoms with Gasteiger partial charge in [-0.25, -0.2) is 0 Å². The van der Waals surface area contributed by atoms with E-state index in [1.54, 1.807) is 12.3 Å². The van der Waals surface area contributed by atoms with Gasteiger partial charge in [0.05, 0.1) is 12.1 Å². The Morgan fingerprint density at radius 3 is 2.72 bits per heavy atom. The van der Waals surface area contributed by atoms with Crippen molar-refractivity contribution in [3.63, 3.8) is 0 Å². The molecule has 0 bridgehead atoms. The first-order valence-electron chi connectivity index (χ1n) is 8.50. The summed E-state index contributed by atoms with van der Waals surface area (Å²) in [5, 5.41) is 3.52. The minimum atomic E-state index is -0.223. The van der Waals surface area contributed by atoms with E-state index in [1.807, 2.05) is 18.2 Å². The molecule has 1 heterocycles. The Morgan fingerprint density at radius 2 is 2.04 bits per heavy atom. The summed E-state index contributed by atoms with van der Waals surface area (Å²) < 4.78 is 1.49. The third-order valence-corrected chi connectivity index (χ3v) is 4.44. The molecule has 0 aliphatic carbocycles. The van der Waals surface area contributed by atoms with Crippen LogP contribution >= 0.6 is 11.6 Å². The SMILES string of the molecule is CCCCC(CN)NC(=O)c1ccc(=O)n(Cc2ccccc2Cl)c1. The van der Waals surface area contributed by atoms with Gasteiger partial charge in [0.25, 0.3) is 11.5 Å². The molecule has 0 saturated carbocycles. The van der Waals surface area contributed by atoms with Crippen molar-refractivity contribution < 1.29 is 4.79 Å². The predicted octanol–water partition coefficient (Wildman–Crippen LogP) is 2.80. The Bertz CT molecular complexity index is 773. The number of unbranched alkanes of at least 4 members (excludes halogenated alkanes) is 1. The number of hydrogen-bond donors (Lipinski definition) is 2. The molecule has 1 atom stereocenters. The molecule has 1 unspecified atom stereocenters. The average molecular weight is 362 g/mol. The van der Waals surface area contributed by atoms with Crippen LogP contribution in [0.3, 0.4) is 0 Å². The number of nitrogens with one attached hydrogen (secondary N) is 1. The van der Waals surface area contributed by atoms with Crippen molar-refractivity contribution in [1.29, 1.82) is 0 Å². The van der Waals surface area contributed by atoms with Gasteiger partial charge in [0.1, 0.15) is 0 Å². The van der Waals surface area contributed by atoms with Crippen LogP contribution in [0, 0.1) is 0 Å². The van der Waals surface area contributed by atoms with Crippen molar-refractivity contribution >= 4 is 17.5 Å². The third kappa shape index (κ3) is 5.44. The molecule has 0 fully saturated rings. The van der Waals surface area contributed by atoms with Gasteiger partial charge in [0.2, 0.25) is 0 Å². The molecule has 3 N–H and O–H groups in total. The highest BCUT2D eigenvalue weighted by atomic mass is 35.5. The molecule has 0 spiro atoms. The van der Waals surface area contributed by atoms with Crippen LogP contribution in [0.1, 0.15) is 42.1 Å². The second-order valence-corrected chi connectivity index (χ2v) is 6.43. The molecule has 1 aromatic heterocycles. The molecular weight excluding hydrogens is 338 g/mol. The second kappa shape index (κ2) is 9.39. The zero-order valence-electron chi connectivity index (χ0n) is 14.4. The highest BCUT2D eigenvalue weighted by molar-refractivity contribution is 6.31. The van der Waals surface area contributed by atoms with Gasteiger partial charge in [-0.2, -0.15) is 0 Å². The topological polar surface area (TPSA) is 77.1 Å². The molecule has 2 rings (SSSR count). The smallest absolute Gasteiger partial charge is 0.253 e. The third-order valence-electron chi connectivity index (χ3n) is 4.07. The van der Waals surface area contributed by atoms with Crippen molar-refractivity contribution in [2.45, 2.75) is 38.8 Å². The van der Waals surface area contributed by atoms with E-state index in [9.17, 15) is 9.59 Å². The van der Waals surface area contributed by atoms with Crippen LogP contribution in [0.15, 0.2) is 47.4 Å². The Labute approximate surface area is 152 Å². The molecule has 2 aromatic rings. The summed E-state index contributed by atoms with van der Waals surface area (Å²) in [6, 6.07) is 10.2. The maximum absolute atomic E-state index is 12.5. The fraction of sp³-hybridized carbons (Fsp3) is 0.368. The maximum atomic E-state index is 12.5. The first-order chi connectivity index (χ1) is 12.0. The Morgan fingerprint density at radius 1 is 1.28 bits per heavy atom. The quantitative estimate of drug-likeness (QED) is 0.759. The Balaban J connectivity index is 2.16. The lowest BCUT2D eigenvalue weighted by Gasteiger charge is -2.17. The summed E-state index contributed by atoms with van der Waals surface area (Å²) in [5.41, 5.74) is 6.80. The fourth-order valence-corrected chi connectivity index (χ4v) is 2.76. The van der Waals surface area contributed by atoms with Crippen molar-refractivity contribution in [3.8, 4) is 0 Å². The first kappa shape index (κ1) is 19.2. The summed E-state index contributed by atoms with van der Waals surface area (Å²) in [6.45, 7) is 2.81. The van der Waals surface area contributed by atoms with Gasteiger partial charge in [-0.15, -0.1) is 0 Å².